The molecule has 1 aromatic carbocycles. The molecule has 0 atom stereocenters. The maximum Gasteiger partial charge on any atom is 0.200 e. The van der Waals surface area contributed by atoms with Crippen LogP contribution in [-0.4, -0.2) is 32.3 Å². The molecule has 24 heavy (non-hydrogen) atoms. The van der Waals surface area contributed by atoms with E-state index >= 15 is 0 Å². The van der Waals surface area contributed by atoms with Gasteiger partial charge in [0, 0.05) is 23.0 Å². The lowest BCUT2D eigenvalue weighted by Crippen LogP contribution is -1.91. The van der Waals surface area contributed by atoms with Gasteiger partial charge >= 0.3 is 0 Å². The monoisotopic (exact) mass is 317 g/mol. The Kier molecular flexibility index (Phi) is 3.42. The summed E-state index contributed by atoms with van der Waals surface area (Å²) < 4.78 is 5.44. The Morgan fingerprint density at radius 3 is 2.79 bits per heavy atom. The number of hydrogen-bond donors (Lipinski definition) is 1. The zero-order valence-corrected chi connectivity index (χ0v) is 13.3. The number of pyridine rings is 1. The van der Waals surface area contributed by atoms with Crippen molar-refractivity contribution >= 4 is 11.2 Å². The molecule has 0 aliphatic carbocycles. The maximum atomic E-state index is 5.44. The molecule has 0 amide bonds. The summed E-state index contributed by atoms with van der Waals surface area (Å²) in [5, 5.41) is 7.28. The van der Waals surface area contributed by atoms with E-state index in [2.05, 4.69) is 20.2 Å². The normalized spacial score (nSPS) is 10.9. The summed E-state index contributed by atoms with van der Waals surface area (Å²) in [6, 6.07) is 11.7. The second kappa shape index (κ2) is 5.73. The van der Waals surface area contributed by atoms with Gasteiger partial charge in [-0.1, -0.05) is 12.1 Å². The molecule has 3 aromatic heterocycles. The zero-order chi connectivity index (χ0) is 16.5. The first-order chi connectivity index (χ1) is 11.8. The average molecular weight is 317 g/mol. The fourth-order valence-electron chi connectivity index (χ4n) is 2.68. The summed E-state index contributed by atoms with van der Waals surface area (Å²) in [6.45, 7) is 1.95. The van der Waals surface area contributed by atoms with Crippen molar-refractivity contribution in [3.8, 4) is 28.3 Å². The highest BCUT2D eigenvalue weighted by Gasteiger charge is 2.15. The topological polar surface area (TPSA) is 76.6 Å². The van der Waals surface area contributed by atoms with Crippen LogP contribution in [0.1, 0.15) is 5.69 Å². The van der Waals surface area contributed by atoms with Gasteiger partial charge in [0.2, 0.25) is 0 Å². The van der Waals surface area contributed by atoms with Crippen LogP contribution in [0.15, 0.2) is 48.8 Å². The molecule has 0 saturated carbocycles. The molecule has 3 heterocycles. The van der Waals surface area contributed by atoms with Gasteiger partial charge in [-0.05, 0) is 31.2 Å². The number of H-pyrrole nitrogens is 1. The minimum atomic E-state index is 0.574. The first-order valence-electron chi connectivity index (χ1n) is 7.54. The van der Waals surface area contributed by atoms with Gasteiger partial charge in [0.05, 0.1) is 24.7 Å². The maximum absolute atomic E-state index is 5.44. The van der Waals surface area contributed by atoms with Gasteiger partial charge in [-0.15, -0.1) is 0 Å². The molecule has 1 N–H and O–H groups in total. The predicted octanol–water partition coefficient (Wildman–Crippen LogP) is 3.40. The van der Waals surface area contributed by atoms with E-state index in [4.69, 9.17) is 9.72 Å². The predicted molar refractivity (Wildman–Crippen MR) is 91.6 cm³/mol. The second-order valence-corrected chi connectivity index (χ2v) is 5.41. The lowest BCUT2D eigenvalue weighted by Gasteiger charge is -2.06. The molecular formula is C18H15N5O. The molecule has 0 saturated heterocycles. The van der Waals surface area contributed by atoms with Gasteiger partial charge in [-0.2, -0.15) is 5.10 Å². The van der Waals surface area contributed by atoms with Crippen LogP contribution in [0.3, 0.4) is 0 Å². The summed E-state index contributed by atoms with van der Waals surface area (Å²) >= 11 is 0. The van der Waals surface area contributed by atoms with Crippen molar-refractivity contribution in [2.24, 2.45) is 0 Å². The molecule has 0 unspecified atom stereocenters. The summed E-state index contributed by atoms with van der Waals surface area (Å²) in [7, 11) is 1.65. The van der Waals surface area contributed by atoms with Crippen LogP contribution >= 0.6 is 0 Å². The van der Waals surface area contributed by atoms with Gasteiger partial charge in [-0.3, -0.25) is 10.1 Å². The van der Waals surface area contributed by atoms with Gasteiger partial charge in [0.25, 0.3) is 0 Å². The van der Waals surface area contributed by atoms with E-state index in [1.54, 1.807) is 19.5 Å². The Labute approximate surface area is 138 Å². The van der Waals surface area contributed by atoms with Crippen molar-refractivity contribution < 1.29 is 4.74 Å². The summed E-state index contributed by atoms with van der Waals surface area (Å²) in [5.41, 5.74) is 5.68. The number of nitrogens with one attached hydrogen (secondary N) is 1. The second-order valence-electron chi connectivity index (χ2n) is 5.41. The van der Waals surface area contributed by atoms with Crippen molar-refractivity contribution in [1.29, 1.82) is 0 Å². The average Bonchev–Trinajstić information content (AvgIpc) is 3.04. The number of benzene rings is 1. The molecule has 0 fully saturated rings. The first-order valence-corrected chi connectivity index (χ1v) is 7.54. The van der Waals surface area contributed by atoms with Gasteiger partial charge in [-0.25, -0.2) is 9.97 Å². The molecule has 118 valence electrons. The minimum Gasteiger partial charge on any atom is -0.496 e. The number of aromatic nitrogens is 5. The standard InChI is InChI=1S/C18H15N5O/c1-11-9-12(7-8-19-11)14-10-20-18-17(21-14)16(22-23-18)13-5-3-4-6-15(13)24-2/h3-10H,1-2H3,(H,20,22,23). The highest BCUT2D eigenvalue weighted by Crippen LogP contribution is 2.32. The Morgan fingerprint density at radius 1 is 1.08 bits per heavy atom. The fraction of sp³-hybridized carbons (Fsp3) is 0.111. The number of ether oxygens (including phenoxy) is 1. The lowest BCUT2D eigenvalue weighted by molar-refractivity contribution is 0.416. The number of aryl methyl sites for hydroxylation is 1. The largest absolute Gasteiger partial charge is 0.496 e. The van der Waals surface area contributed by atoms with Gasteiger partial charge in [0.15, 0.2) is 5.65 Å². The van der Waals surface area contributed by atoms with Crippen LogP contribution in [0.25, 0.3) is 33.7 Å². The Balaban J connectivity index is 1.91. The number of fused-ring (bicyclic) bond motifs is 1. The third kappa shape index (κ3) is 2.38. The van der Waals surface area contributed by atoms with E-state index in [0.717, 1.165) is 34.0 Å². The number of methoxy groups -OCH3 is 1. The van der Waals surface area contributed by atoms with Crippen LogP contribution in [0, 0.1) is 6.92 Å². The molecule has 6 nitrogen and oxygen atoms in total. The lowest BCUT2D eigenvalue weighted by atomic mass is 10.1. The summed E-state index contributed by atoms with van der Waals surface area (Å²) in [6.07, 6.45) is 3.50. The zero-order valence-electron chi connectivity index (χ0n) is 13.3. The smallest absolute Gasteiger partial charge is 0.200 e. The van der Waals surface area contributed by atoms with Crippen molar-refractivity contribution in [3.63, 3.8) is 0 Å². The SMILES string of the molecule is COc1ccccc1-c1[nH]nc2ncc(-c3ccnc(C)c3)nc12. The first kappa shape index (κ1) is 14.3. The quantitative estimate of drug-likeness (QED) is 0.626. The summed E-state index contributed by atoms with van der Waals surface area (Å²) in [4.78, 5) is 13.4. The van der Waals surface area contributed by atoms with Gasteiger partial charge < -0.3 is 4.74 Å². The van der Waals surface area contributed by atoms with Crippen LogP contribution < -0.4 is 4.74 Å². The molecule has 0 radical (unpaired) electrons. The highest BCUT2D eigenvalue weighted by molar-refractivity contribution is 5.90. The third-order valence-corrected chi connectivity index (χ3v) is 3.83. The molecule has 4 aromatic rings. The van der Waals surface area contributed by atoms with Crippen LogP contribution in [0.5, 0.6) is 5.75 Å². The van der Waals surface area contributed by atoms with Crippen molar-refractivity contribution in [1.82, 2.24) is 25.1 Å². The number of aromatic amines is 1. The molecule has 0 aliphatic heterocycles. The van der Waals surface area contributed by atoms with E-state index in [1.807, 2.05) is 43.3 Å². The van der Waals surface area contributed by atoms with Gasteiger partial charge in [0.1, 0.15) is 11.3 Å². The van der Waals surface area contributed by atoms with E-state index in [-0.39, 0.29) is 0 Å². The van der Waals surface area contributed by atoms with Crippen molar-refractivity contribution in [3.05, 3.63) is 54.5 Å². The molecule has 0 aliphatic rings. The van der Waals surface area contributed by atoms with Crippen molar-refractivity contribution in [2.45, 2.75) is 6.92 Å². The number of hydrogen-bond acceptors (Lipinski definition) is 5. The third-order valence-electron chi connectivity index (χ3n) is 3.83. The Hall–Kier alpha value is -3.28. The summed E-state index contributed by atoms with van der Waals surface area (Å²) in [5.74, 6) is 0.759. The minimum absolute atomic E-state index is 0.574. The Bertz CT molecular complexity index is 1020. The van der Waals surface area contributed by atoms with E-state index in [1.165, 1.54) is 0 Å². The Morgan fingerprint density at radius 2 is 1.96 bits per heavy atom. The van der Waals surface area contributed by atoms with E-state index in [0.29, 0.717) is 11.2 Å². The molecule has 0 bridgehead atoms. The van der Waals surface area contributed by atoms with Crippen LogP contribution in [0.4, 0.5) is 0 Å². The fourth-order valence-corrected chi connectivity index (χ4v) is 2.68. The molecule has 4 rings (SSSR count). The molecule has 0 spiro atoms. The van der Waals surface area contributed by atoms with E-state index < -0.39 is 0 Å². The van der Waals surface area contributed by atoms with Crippen LogP contribution in [-0.2, 0) is 0 Å². The number of nitrogens with zero attached hydrogens (tertiary/aromatic N) is 4. The molecule has 6 heteroatoms. The number of para-hydroxylation sites is 1. The van der Waals surface area contributed by atoms with E-state index in [9.17, 15) is 0 Å². The highest BCUT2D eigenvalue weighted by atomic mass is 16.5. The molecular weight excluding hydrogens is 302 g/mol. The van der Waals surface area contributed by atoms with Crippen molar-refractivity contribution in [2.75, 3.05) is 7.11 Å². The number of rotatable bonds is 3. The van der Waals surface area contributed by atoms with Crippen LogP contribution in [0.2, 0.25) is 0 Å².